The predicted molar refractivity (Wildman–Crippen MR) is 97.6 cm³/mol. The zero-order valence-electron chi connectivity index (χ0n) is 12.3. The van der Waals surface area contributed by atoms with Crippen molar-refractivity contribution in [3.63, 3.8) is 0 Å². The van der Waals surface area contributed by atoms with Gasteiger partial charge < -0.3 is 5.32 Å². The fourth-order valence-electron chi connectivity index (χ4n) is 2.89. The Morgan fingerprint density at radius 2 is 1.91 bits per heavy atom. The van der Waals surface area contributed by atoms with Crippen molar-refractivity contribution in [3.05, 3.63) is 38.6 Å². The molecule has 1 aromatic carbocycles. The maximum atomic E-state index is 12.4. The van der Waals surface area contributed by atoms with Crippen molar-refractivity contribution < 1.29 is 4.79 Å². The van der Waals surface area contributed by atoms with E-state index in [2.05, 4.69) is 32.9 Å². The molecule has 0 aliphatic carbocycles. The summed E-state index contributed by atoms with van der Waals surface area (Å²) in [6.45, 7) is 2.72. The van der Waals surface area contributed by atoms with E-state index in [1.807, 2.05) is 23.2 Å². The Kier molecular flexibility index (Phi) is 5.25. The van der Waals surface area contributed by atoms with Crippen LogP contribution in [-0.2, 0) is 4.79 Å². The van der Waals surface area contributed by atoms with Crippen LogP contribution in [0.2, 0.25) is 5.02 Å². The smallest absolute Gasteiger partial charge is 0.262 e. The van der Waals surface area contributed by atoms with Crippen molar-refractivity contribution in [2.75, 3.05) is 25.0 Å². The summed E-state index contributed by atoms with van der Waals surface area (Å²) in [5, 5.41) is 8.05. The van der Waals surface area contributed by atoms with Crippen molar-refractivity contribution in [3.8, 4) is 0 Å². The van der Waals surface area contributed by atoms with Crippen LogP contribution in [0.25, 0.3) is 0 Å². The van der Waals surface area contributed by atoms with Gasteiger partial charge in [-0.1, -0.05) is 18.0 Å². The first-order valence-corrected chi connectivity index (χ1v) is 9.08. The number of hydrazine groups is 1. The molecule has 1 amide bonds. The van der Waals surface area contributed by atoms with E-state index in [0.29, 0.717) is 5.02 Å². The third-order valence-corrected chi connectivity index (χ3v) is 5.03. The lowest BCUT2D eigenvalue weighted by Gasteiger charge is -2.38. The summed E-state index contributed by atoms with van der Waals surface area (Å²) in [7, 11) is 0. The molecule has 2 aliphatic rings. The molecule has 0 bridgehead atoms. The van der Waals surface area contributed by atoms with Crippen molar-refractivity contribution in [2.45, 2.75) is 25.7 Å². The minimum Gasteiger partial charge on any atom is -0.357 e. The SMILES string of the molecule is O=C1C=C(Nc2ccc(I)cc2Cl)CCN1N1CCCCC1. The Morgan fingerprint density at radius 1 is 1.14 bits per heavy atom. The number of nitrogens with one attached hydrogen (secondary N) is 1. The molecule has 2 heterocycles. The number of carbonyl (C=O) groups excluding carboxylic acids is 1. The Balaban J connectivity index is 1.67. The van der Waals surface area contributed by atoms with Gasteiger partial charge in [0.15, 0.2) is 0 Å². The van der Waals surface area contributed by atoms with Gasteiger partial charge in [0.25, 0.3) is 5.91 Å². The molecule has 0 saturated carbocycles. The van der Waals surface area contributed by atoms with E-state index < -0.39 is 0 Å². The maximum Gasteiger partial charge on any atom is 0.262 e. The second-order valence-electron chi connectivity index (χ2n) is 5.64. The lowest BCUT2D eigenvalue weighted by Crippen LogP contribution is -2.50. The van der Waals surface area contributed by atoms with E-state index in [9.17, 15) is 4.79 Å². The van der Waals surface area contributed by atoms with Crippen LogP contribution in [0.5, 0.6) is 0 Å². The van der Waals surface area contributed by atoms with Crippen molar-refractivity contribution in [2.24, 2.45) is 0 Å². The Bertz CT molecular complexity index is 599. The first-order valence-electron chi connectivity index (χ1n) is 7.62. The summed E-state index contributed by atoms with van der Waals surface area (Å²) < 4.78 is 1.10. The van der Waals surface area contributed by atoms with Crippen molar-refractivity contribution >= 4 is 45.8 Å². The van der Waals surface area contributed by atoms with Crippen LogP contribution in [-0.4, -0.2) is 35.6 Å². The Morgan fingerprint density at radius 3 is 2.59 bits per heavy atom. The van der Waals surface area contributed by atoms with Crippen LogP contribution in [0.3, 0.4) is 0 Å². The molecule has 0 aromatic heterocycles. The number of rotatable bonds is 3. The molecule has 3 rings (SSSR count). The molecule has 0 spiro atoms. The van der Waals surface area contributed by atoms with Gasteiger partial charge in [0.1, 0.15) is 0 Å². The van der Waals surface area contributed by atoms with Gasteiger partial charge in [0.05, 0.1) is 10.7 Å². The van der Waals surface area contributed by atoms with Gasteiger partial charge in [0.2, 0.25) is 0 Å². The third kappa shape index (κ3) is 3.75. The molecule has 0 atom stereocenters. The number of nitrogens with zero attached hydrogens (tertiary/aromatic N) is 2. The standard InChI is InChI=1S/C16H19ClIN3O/c17-14-10-12(18)4-5-15(14)19-13-6-9-21(16(22)11-13)20-7-2-1-3-8-20/h4-5,10-11,19H,1-3,6-9H2. The van der Waals surface area contributed by atoms with Gasteiger partial charge in [-0.3, -0.25) is 9.80 Å². The molecule has 6 heteroatoms. The van der Waals surface area contributed by atoms with Gasteiger partial charge in [-0.05, 0) is 53.6 Å². The van der Waals surface area contributed by atoms with Crippen molar-refractivity contribution in [1.29, 1.82) is 0 Å². The molecule has 0 unspecified atom stereocenters. The first kappa shape index (κ1) is 16.1. The first-order chi connectivity index (χ1) is 10.6. The highest BCUT2D eigenvalue weighted by Crippen LogP contribution is 2.27. The number of benzene rings is 1. The van der Waals surface area contributed by atoms with Crippen LogP contribution in [0.1, 0.15) is 25.7 Å². The monoisotopic (exact) mass is 431 g/mol. The molecule has 1 N–H and O–H groups in total. The summed E-state index contributed by atoms with van der Waals surface area (Å²) >= 11 is 8.47. The van der Waals surface area contributed by atoms with E-state index in [0.717, 1.165) is 41.0 Å². The van der Waals surface area contributed by atoms with Crippen LogP contribution < -0.4 is 5.32 Å². The second-order valence-corrected chi connectivity index (χ2v) is 7.30. The quantitative estimate of drug-likeness (QED) is 0.738. The molecule has 2 aliphatic heterocycles. The summed E-state index contributed by atoms with van der Waals surface area (Å²) in [6.07, 6.45) is 6.15. The normalized spacial score (nSPS) is 20.0. The number of hydrogen-bond acceptors (Lipinski definition) is 3. The average molecular weight is 432 g/mol. The van der Waals surface area contributed by atoms with Gasteiger partial charge in [-0.15, -0.1) is 0 Å². The van der Waals surface area contributed by atoms with Gasteiger partial charge in [-0.2, -0.15) is 0 Å². The number of carbonyl (C=O) groups is 1. The fourth-order valence-corrected chi connectivity index (χ4v) is 3.80. The number of anilines is 1. The van der Waals surface area contributed by atoms with Gasteiger partial charge in [-0.25, -0.2) is 5.01 Å². The molecule has 0 radical (unpaired) electrons. The number of amides is 1. The van der Waals surface area contributed by atoms with Crippen LogP contribution >= 0.6 is 34.2 Å². The molecular weight excluding hydrogens is 413 g/mol. The number of piperidine rings is 1. The predicted octanol–water partition coefficient (Wildman–Crippen LogP) is 3.87. The van der Waals surface area contributed by atoms with Crippen molar-refractivity contribution in [1.82, 2.24) is 10.0 Å². The third-order valence-electron chi connectivity index (χ3n) is 4.05. The summed E-state index contributed by atoms with van der Waals surface area (Å²) in [4.78, 5) is 12.4. The molecule has 4 nitrogen and oxygen atoms in total. The maximum absolute atomic E-state index is 12.4. The second kappa shape index (κ2) is 7.19. The molecular formula is C16H19ClIN3O. The van der Waals surface area contributed by atoms with E-state index in [1.165, 1.54) is 19.3 Å². The fraction of sp³-hybridized carbons (Fsp3) is 0.438. The molecule has 1 aromatic rings. The molecule has 1 fully saturated rings. The van der Waals surface area contributed by atoms with Crippen LogP contribution in [0.15, 0.2) is 30.0 Å². The minimum absolute atomic E-state index is 0.0669. The van der Waals surface area contributed by atoms with E-state index >= 15 is 0 Å². The average Bonchev–Trinajstić information content (AvgIpc) is 2.51. The van der Waals surface area contributed by atoms with Gasteiger partial charge >= 0.3 is 0 Å². The molecule has 118 valence electrons. The summed E-state index contributed by atoms with van der Waals surface area (Å²) in [6, 6.07) is 5.86. The molecule has 22 heavy (non-hydrogen) atoms. The highest BCUT2D eigenvalue weighted by atomic mass is 127. The highest BCUT2D eigenvalue weighted by molar-refractivity contribution is 14.1. The van der Waals surface area contributed by atoms with Gasteiger partial charge in [0, 0.05) is 41.4 Å². The van der Waals surface area contributed by atoms with Crippen LogP contribution in [0.4, 0.5) is 5.69 Å². The lowest BCUT2D eigenvalue weighted by molar-refractivity contribution is -0.146. The largest absolute Gasteiger partial charge is 0.357 e. The van der Waals surface area contributed by atoms with Crippen LogP contribution in [0, 0.1) is 3.57 Å². The Labute approximate surface area is 149 Å². The Hall–Kier alpha value is -0.790. The zero-order chi connectivity index (χ0) is 15.5. The number of hydrogen-bond donors (Lipinski definition) is 1. The minimum atomic E-state index is 0.0669. The highest BCUT2D eigenvalue weighted by Gasteiger charge is 2.25. The topological polar surface area (TPSA) is 35.6 Å². The number of halogens is 2. The lowest BCUT2D eigenvalue weighted by atomic mass is 10.1. The van der Waals surface area contributed by atoms with E-state index in [4.69, 9.17) is 11.6 Å². The zero-order valence-corrected chi connectivity index (χ0v) is 15.2. The summed E-state index contributed by atoms with van der Waals surface area (Å²) in [5.41, 5.74) is 1.79. The molecule has 1 saturated heterocycles. The summed E-state index contributed by atoms with van der Waals surface area (Å²) in [5.74, 6) is 0.0669. The van der Waals surface area contributed by atoms with E-state index in [1.54, 1.807) is 6.08 Å². The van der Waals surface area contributed by atoms with E-state index in [-0.39, 0.29) is 5.91 Å².